The monoisotopic (exact) mass is 334 g/mol. The quantitative estimate of drug-likeness (QED) is 0.586. The van der Waals surface area contributed by atoms with Gasteiger partial charge >= 0.3 is 5.97 Å². The molecule has 0 radical (unpaired) electrons. The predicted molar refractivity (Wildman–Crippen MR) is 84.2 cm³/mol. The van der Waals surface area contributed by atoms with E-state index >= 15 is 0 Å². The standard InChI is InChI=1S/C14H11ClN4O2S/c15-13-3-9(6-22-13)5-21-14(20)10-1-2-12(11(16)4-10)19-8-17-7-18-19/h1-4,6-8H,5,16H2. The van der Waals surface area contributed by atoms with Gasteiger partial charge in [0.05, 0.1) is 21.3 Å². The molecule has 0 spiro atoms. The highest BCUT2D eigenvalue weighted by Gasteiger charge is 2.11. The molecule has 8 heteroatoms. The van der Waals surface area contributed by atoms with E-state index in [1.807, 2.05) is 5.38 Å². The third kappa shape index (κ3) is 3.10. The summed E-state index contributed by atoms with van der Waals surface area (Å²) in [5, 5.41) is 5.84. The molecular weight excluding hydrogens is 324 g/mol. The Morgan fingerprint density at radius 2 is 2.27 bits per heavy atom. The van der Waals surface area contributed by atoms with E-state index in [-0.39, 0.29) is 6.61 Å². The van der Waals surface area contributed by atoms with E-state index in [2.05, 4.69) is 10.1 Å². The molecule has 0 fully saturated rings. The number of benzene rings is 1. The zero-order valence-electron chi connectivity index (χ0n) is 11.3. The van der Waals surface area contributed by atoms with Gasteiger partial charge < -0.3 is 10.5 Å². The van der Waals surface area contributed by atoms with Crippen molar-refractivity contribution in [3.63, 3.8) is 0 Å². The summed E-state index contributed by atoms with van der Waals surface area (Å²) in [6.45, 7) is 0.173. The van der Waals surface area contributed by atoms with Crippen molar-refractivity contribution in [2.75, 3.05) is 5.73 Å². The zero-order chi connectivity index (χ0) is 15.5. The second kappa shape index (κ2) is 6.17. The van der Waals surface area contributed by atoms with Gasteiger partial charge in [-0.15, -0.1) is 11.3 Å². The summed E-state index contributed by atoms with van der Waals surface area (Å²) in [7, 11) is 0. The Kier molecular flexibility index (Phi) is 4.08. The van der Waals surface area contributed by atoms with Gasteiger partial charge in [0.1, 0.15) is 19.3 Å². The number of nitrogen functional groups attached to an aromatic ring is 1. The van der Waals surface area contributed by atoms with Crippen molar-refractivity contribution in [3.05, 3.63) is 57.8 Å². The van der Waals surface area contributed by atoms with E-state index < -0.39 is 5.97 Å². The molecule has 112 valence electrons. The molecule has 2 heterocycles. The maximum atomic E-state index is 12.0. The number of carbonyl (C=O) groups excluding carboxylic acids is 1. The van der Waals surface area contributed by atoms with Gasteiger partial charge in [0, 0.05) is 5.56 Å². The molecule has 3 rings (SSSR count). The Balaban J connectivity index is 1.72. The zero-order valence-corrected chi connectivity index (χ0v) is 12.8. The number of carbonyl (C=O) groups is 1. The molecule has 3 aromatic rings. The number of thiophene rings is 1. The van der Waals surface area contributed by atoms with E-state index in [4.69, 9.17) is 22.1 Å². The number of anilines is 1. The molecule has 0 bridgehead atoms. The number of esters is 1. The summed E-state index contributed by atoms with van der Waals surface area (Å²) in [5.74, 6) is -0.445. The molecule has 1 aromatic carbocycles. The van der Waals surface area contributed by atoms with Crippen molar-refractivity contribution in [1.82, 2.24) is 14.8 Å². The van der Waals surface area contributed by atoms with E-state index in [1.165, 1.54) is 28.7 Å². The molecule has 0 amide bonds. The minimum Gasteiger partial charge on any atom is -0.457 e. The highest BCUT2D eigenvalue weighted by molar-refractivity contribution is 7.14. The first kappa shape index (κ1) is 14.6. The van der Waals surface area contributed by atoms with Gasteiger partial charge in [0.25, 0.3) is 0 Å². The van der Waals surface area contributed by atoms with Gasteiger partial charge in [0.15, 0.2) is 0 Å². The molecule has 6 nitrogen and oxygen atoms in total. The number of nitrogens with two attached hydrogens (primary N) is 1. The lowest BCUT2D eigenvalue weighted by Gasteiger charge is -2.08. The smallest absolute Gasteiger partial charge is 0.338 e. The number of hydrogen-bond acceptors (Lipinski definition) is 6. The van der Waals surface area contributed by atoms with Crippen LogP contribution in [0.3, 0.4) is 0 Å². The maximum Gasteiger partial charge on any atom is 0.338 e. The van der Waals surface area contributed by atoms with Crippen molar-refractivity contribution in [1.29, 1.82) is 0 Å². The molecule has 0 saturated carbocycles. The van der Waals surface area contributed by atoms with Crippen molar-refractivity contribution in [3.8, 4) is 5.69 Å². The Labute approximate surface area is 135 Å². The summed E-state index contributed by atoms with van der Waals surface area (Å²) < 4.78 is 7.42. The number of aromatic nitrogens is 3. The second-order valence-corrected chi connectivity index (χ2v) is 5.99. The van der Waals surface area contributed by atoms with Crippen LogP contribution in [0.25, 0.3) is 5.69 Å². The first-order chi connectivity index (χ1) is 10.6. The van der Waals surface area contributed by atoms with Gasteiger partial charge in [-0.2, -0.15) is 5.10 Å². The molecule has 0 unspecified atom stereocenters. The van der Waals surface area contributed by atoms with Gasteiger partial charge in [-0.25, -0.2) is 14.5 Å². The number of rotatable bonds is 4. The maximum absolute atomic E-state index is 12.0. The van der Waals surface area contributed by atoms with Crippen LogP contribution in [0.4, 0.5) is 5.69 Å². The fourth-order valence-corrected chi connectivity index (χ4v) is 2.77. The molecule has 22 heavy (non-hydrogen) atoms. The molecule has 0 saturated heterocycles. The van der Waals surface area contributed by atoms with Crippen molar-refractivity contribution < 1.29 is 9.53 Å². The highest BCUT2D eigenvalue weighted by Crippen LogP contribution is 2.22. The highest BCUT2D eigenvalue weighted by atomic mass is 35.5. The third-order valence-corrected chi connectivity index (χ3v) is 4.06. The third-order valence-electron chi connectivity index (χ3n) is 2.92. The Morgan fingerprint density at radius 3 is 2.91 bits per heavy atom. The lowest BCUT2D eigenvalue weighted by molar-refractivity contribution is 0.0473. The summed E-state index contributed by atoms with van der Waals surface area (Å²) >= 11 is 7.22. The first-order valence-electron chi connectivity index (χ1n) is 6.28. The molecule has 0 aliphatic heterocycles. The molecule has 2 aromatic heterocycles. The predicted octanol–water partition coefficient (Wildman–Crippen LogP) is 2.92. The minimum atomic E-state index is -0.445. The van der Waals surface area contributed by atoms with E-state index in [0.717, 1.165) is 5.56 Å². The van der Waals surface area contributed by atoms with E-state index in [9.17, 15) is 4.79 Å². The molecule has 0 atom stereocenters. The van der Waals surface area contributed by atoms with Crippen LogP contribution in [0.1, 0.15) is 15.9 Å². The summed E-state index contributed by atoms with van der Waals surface area (Å²) in [6.07, 6.45) is 2.94. The topological polar surface area (TPSA) is 83.0 Å². The van der Waals surface area contributed by atoms with Crippen LogP contribution in [0.2, 0.25) is 4.34 Å². The molecule has 0 aliphatic rings. The number of nitrogens with zero attached hydrogens (tertiary/aromatic N) is 3. The Bertz CT molecular complexity index is 801. The molecule has 0 aliphatic carbocycles. The summed E-state index contributed by atoms with van der Waals surface area (Å²) in [4.78, 5) is 15.9. The first-order valence-corrected chi connectivity index (χ1v) is 7.54. The fourth-order valence-electron chi connectivity index (χ4n) is 1.88. The summed E-state index contributed by atoms with van der Waals surface area (Å²) in [6, 6.07) is 6.65. The Hall–Kier alpha value is -2.38. The lowest BCUT2D eigenvalue weighted by Crippen LogP contribution is -2.07. The van der Waals surface area contributed by atoms with Crippen LogP contribution in [-0.2, 0) is 11.3 Å². The van der Waals surface area contributed by atoms with Gasteiger partial charge in [-0.3, -0.25) is 0 Å². The van der Waals surface area contributed by atoms with Gasteiger partial charge in [0.2, 0.25) is 0 Å². The number of ether oxygens (including phenoxy) is 1. The van der Waals surface area contributed by atoms with Crippen LogP contribution < -0.4 is 5.73 Å². The average molecular weight is 335 g/mol. The van der Waals surface area contributed by atoms with Gasteiger partial charge in [-0.1, -0.05) is 11.6 Å². The largest absolute Gasteiger partial charge is 0.457 e. The fraction of sp³-hybridized carbons (Fsp3) is 0.0714. The average Bonchev–Trinajstić information content (AvgIpc) is 3.16. The van der Waals surface area contributed by atoms with Crippen molar-refractivity contribution in [2.45, 2.75) is 6.61 Å². The lowest BCUT2D eigenvalue weighted by atomic mass is 10.2. The van der Waals surface area contributed by atoms with Crippen LogP contribution in [-0.4, -0.2) is 20.7 Å². The Morgan fingerprint density at radius 1 is 1.41 bits per heavy atom. The van der Waals surface area contributed by atoms with Crippen LogP contribution >= 0.6 is 22.9 Å². The molecular formula is C14H11ClN4O2S. The van der Waals surface area contributed by atoms with E-state index in [1.54, 1.807) is 24.3 Å². The minimum absolute atomic E-state index is 0.173. The van der Waals surface area contributed by atoms with Crippen LogP contribution in [0.15, 0.2) is 42.3 Å². The van der Waals surface area contributed by atoms with Gasteiger partial charge in [-0.05, 0) is 29.6 Å². The van der Waals surface area contributed by atoms with Crippen LogP contribution in [0.5, 0.6) is 0 Å². The van der Waals surface area contributed by atoms with Crippen molar-refractivity contribution >= 4 is 34.6 Å². The second-order valence-electron chi connectivity index (χ2n) is 4.45. The van der Waals surface area contributed by atoms with Crippen LogP contribution in [0, 0.1) is 0 Å². The summed E-state index contributed by atoms with van der Waals surface area (Å²) in [5.41, 5.74) is 8.25. The SMILES string of the molecule is Nc1cc(C(=O)OCc2csc(Cl)c2)ccc1-n1cncn1. The number of hydrogen-bond donors (Lipinski definition) is 1. The number of halogens is 1. The normalized spacial score (nSPS) is 10.6. The van der Waals surface area contributed by atoms with Crippen molar-refractivity contribution in [2.24, 2.45) is 0 Å². The molecule has 2 N–H and O–H groups in total. The van der Waals surface area contributed by atoms with E-state index in [0.29, 0.717) is 21.3 Å².